The molecule has 1 aromatic heterocycles. The van der Waals surface area contributed by atoms with Crippen molar-refractivity contribution in [2.24, 2.45) is 0 Å². The van der Waals surface area contributed by atoms with Crippen molar-refractivity contribution in [2.75, 3.05) is 13.7 Å². The SMILES string of the molecule is CCCNCc1ccc(OCc2cc(Br)cs2)c(OC)c1. The molecule has 0 amide bonds. The minimum Gasteiger partial charge on any atom is -0.493 e. The van der Waals surface area contributed by atoms with Gasteiger partial charge in [-0.15, -0.1) is 11.3 Å². The standard InChI is InChI=1S/C16H20BrNO2S/c1-3-6-18-9-12-4-5-15(16(7-12)19-2)20-10-14-8-13(17)11-21-14/h4-5,7-8,11,18H,3,6,9-10H2,1-2H3. The van der Waals surface area contributed by atoms with Gasteiger partial charge in [-0.2, -0.15) is 0 Å². The summed E-state index contributed by atoms with van der Waals surface area (Å²) in [6.07, 6.45) is 1.13. The van der Waals surface area contributed by atoms with E-state index in [1.54, 1.807) is 18.4 Å². The van der Waals surface area contributed by atoms with E-state index in [4.69, 9.17) is 9.47 Å². The molecular weight excluding hydrogens is 350 g/mol. The van der Waals surface area contributed by atoms with Crippen LogP contribution >= 0.6 is 27.3 Å². The summed E-state index contributed by atoms with van der Waals surface area (Å²) in [7, 11) is 1.67. The molecule has 0 aliphatic heterocycles. The second-order valence-corrected chi connectivity index (χ2v) is 6.59. The molecule has 0 bridgehead atoms. The van der Waals surface area contributed by atoms with E-state index in [2.05, 4.69) is 45.7 Å². The molecule has 0 unspecified atom stereocenters. The summed E-state index contributed by atoms with van der Waals surface area (Å²) < 4.78 is 12.4. The molecule has 0 radical (unpaired) electrons. The molecule has 3 nitrogen and oxygen atoms in total. The van der Waals surface area contributed by atoms with Crippen LogP contribution in [-0.2, 0) is 13.2 Å². The maximum Gasteiger partial charge on any atom is 0.161 e. The van der Waals surface area contributed by atoms with Crippen molar-refractivity contribution in [3.8, 4) is 11.5 Å². The van der Waals surface area contributed by atoms with Gasteiger partial charge in [0, 0.05) is 21.3 Å². The number of hydrogen-bond donors (Lipinski definition) is 1. The minimum atomic E-state index is 0.556. The lowest BCUT2D eigenvalue weighted by molar-refractivity contribution is 0.287. The van der Waals surface area contributed by atoms with E-state index in [1.807, 2.05) is 12.1 Å². The lowest BCUT2D eigenvalue weighted by Gasteiger charge is -2.12. The molecule has 114 valence electrons. The van der Waals surface area contributed by atoms with Gasteiger partial charge in [-0.1, -0.05) is 13.0 Å². The molecule has 5 heteroatoms. The third-order valence-electron chi connectivity index (χ3n) is 2.98. The van der Waals surface area contributed by atoms with Crippen molar-refractivity contribution < 1.29 is 9.47 Å². The van der Waals surface area contributed by atoms with Crippen molar-refractivity contribution >= 4 is 27.3 Å². The fourth-order valence-electron chi connectivity index (χ4n) is 1.93. The number of benzene rings is 1. The zero-order valence-corrected chi connectivity index (χ0v) is 14.7. The molecule has 0 aliphatic carbocycles. The zero-order valence-electron chi connectivity index (χ0n) is 12.3. The Kier molecular flexibility index (Phi) is 6.54. The van der Waals surface area contributed by atoms with Gasteiger partial charge in [0.25, 0.3) is 0 Å². The summed E-state index contributed by atoms with van der Waals surface area (Å²) in [4.78, 5) is 1.18. The first-order valence-corrected chi connectivity index (χ1v) is 8.63. The van der Waals surface area contributed by atoms with Gasteiger partial charge >= 0.3 is 0 Å². The molecule has 0 atom stereocenters. The van der Waals surface area contributed by atoms with Crippen LogP contribution in [-0.4, -0.2) is 13.7 Å². The van der Waals surface area contributed by atoms with Crippen molar-refractivity contribution in [3.05, 3.63) is 44.6 Å². The van der Waals surface area contributed by atoms with E-state index in [1.165, 1.54) is 10.4 Å². The maximum absolute atomic E-state index is 5.85. The third-order valence-corrected chi connectivity index (χ3v) is 4.65. The first-order valence-electron chi connectivity index (χ1n) is 6.96. The fourth-order valence-corrected chi connectivity index (χ4v) is 3.29. The molecule has 0 saturated carbocycles. The molecule has 21 heavy (non-hydrogen) atoms. The number of thiophene rings is 1. The number of ether oxygens (including phenoxy) is 2. The highest BCUT2D eigenvalue weighted by Crippen LogP contribution is 2.30. The molecular formula is C16H20BrNO2S. The van der Waals surface area contributed by atoms with Crippen LogP contribution in [0.4, 0.5) is 0 Å². The summed E-state index contributed by atoms with van der Waals surface area (Å²) in [6, 6.07) is 8.15. The molecule has 0 fully saturated rings. The van der Waals surface area contributed by atoms with Gasteiger partial charge in [-0.3, -0.25) is 0 Å². The lowest BCUT2D eigenvalue weighted by Crippen LogP contribution is -2.13. The molecule has 0 aliphatic rings. The Balaban J connectivity index is 1.98. The monoisotopic (exact) mass is 369 g/mol. The van der Waals surface area contributed by atoms with Crippen LogP contribution in [0.25, 0.3) is 0 Å². The maximum atomic E-state index is 5.85. The van der Waals surface area contributed by atoms with E-state index in [-0.39, 0.29) is 0 Å². The van der Waals surface area contributed by atoms with Gasteiger partial charge in [0.1, 0.15) is 6.61 Å². The van der Waals surface area contributed by atoms with Gasteiger partial charge in [0.2, 0.25) is 0 Å². The number of halogens is 1. The predicted octanol–water partition coefficient (Wildman–Crippen LogP) is 4.60. The number of hydrogen-bond acceptors (Lipinski definition) is 4. The highest BCUT2D eigenvalue weighted by atomic mass is 79.9. The van der Waals surface area contributed by atoms with E-state index < -0.39 is 0 Å². The highest BCUT2D eigenvalue weighted by Gasteiger charge is 2.07. The number of nitrogens with one attached hydrogen (secondary N) is 1. The van der Waals surface area contributed by atoms with Crippen LogP contribution < -0.4 is 14.8 Å². The molecule has 1 aromatic carbocycles. The largest absolute Gasteiger partial charge is 0.493 e. The third kappa shape index (κ3) is 5.02. The van der Waals surface area contributed by atoms with Crippen LogP contribution in [0.15, 0.2) is 34.1 Å². The average Bonchev–Trinajstić information content (AvgIpc) is 2.91. The Labute approximate surface area is 138 Å². The lowest BCUT2D eigenvalue weighted by atomic mass is 10.2. The smallest absolute Gasteiger partial charge is 0.161 e. The first-order chi connectivity index (χ1) is 10.2. The van der Waals surface area contributed by atoms with Crippen molar-refractivity contribution in [1.82, 2.24) is 5.32 Å². The van der Waals surface area contributed by atoms with Crippen LogP contribution in [0.1, 0.15) is 23.8 Å². The van der Waals surface area contributed by atoms with Crippen LogP contribution in [0.2, 0.25) is 0 Å². The van der Waals surface area contributed by atoms with E-state index in [0.717, 1.165) is 35.5 Å². The molecule has 0 saturated heterocycles. The highest BCUT2D eigenvalue weighted by molar-refractivity contribution is 9.10. The van der Waals surface area contributed by atoms with Gasteiger partial charge in [-0.05, 0) is 52.7 Å². The summed E-state index contributed by atoms with van der Waals surface area (Å²) >= 11 is 5.13. The Morgan fingerprint density at radius 2 is 2.10 bits per heavy atom. The Morgan fingerprint density at radius 3 is 2.76 bits per heavy atom. The zero-order chi connectivity index (χ0) is 15.1. The second-order valence-electron chi connectivity index (χ2n) is 4.68. The van der Waals surface area contributed by atoms with Gasteiger partial charge in [0.05, 0.1) is 7.11 Å². The average molecular weight is 370 g/mol. The topological polar surface area (TPSA) is 30.5 Å². The van der Waals surface area contributed by atoms with Crippen LogP contribution in [0.5, 0.6) is 11.5 Å². The summed E-state index contributed by atoms with van der Waals surface area (Å²) in [6.45, 7) is 4.59. The fraction of sp³-hybridized carbons (Fsp3) is 0.375. The van der Waals surface area contributed by atoms with Crippen molar-refractivity contribution in [3.63, 3.8) is 0 Å². The molecule has 2 aromatic rings. The number of methoxy groups -OCH3 is 1. The van der Waals surface area contributed by atoms with Crippen LogP contribution in [0, 0.1) is 0 Å². The van der Waals surface area contributed by atoms with Crippen molar-refractivity contribution in [1.29, 1.82) is 0 Å². The van der Waals surface area contributed by atoms with E-state index in [0.29, 0.717) is 6.61 Å². The predicted molar refractivity (Wildman–Crippen MR) is 91.3 cm³/mol. The van der Waals surface area contributed by atoms with Crippen molar-refractivity contribution in [2.45, 2.75) is 26.5 Å². The Hall–Kier alpha value is -1.04. The molecule has 1 heterocycles. The van der Waals surface area contributed by atoms with E-state index in [9.17, 15) is 0 Å². The minimum absolute atomic E-state index is 0.556. The molecule has 1 N–H and O–H groups in total. The molecule has 2 rings (SSSR count). The molecule has 0 spiro atoms. The van der Waals surface area contributed by atoms with E-state index >= 15 is 0 Å². The number of rotatable bonds is 8. The summed E-state index contributed by atoms with van der Waals surface area (Å²) in [5, 5.41) is 5.44. The first kappa shape index (κ1) is 16.3. The summed E-state index contributed by atoms with van der Waals surface area (Å²) in [5.41, 5.74) is 1.20. The normalized spacial score (nSPS) is 10.6. The summed E-state index contributed by atoms with van der Waals surface area (Å²) in [5.74, 6) is 1.56. The Bertz CT molecular complexity index is 571. The van der Waals surface area contributed by atoms with Crippen LogP contribution in [0.3, 0.4) is 0 Å². The van der Waals surface area contributed by atoms with Gasteiger partial charge in [-0.25, -0.2) is 0 Å². The quantitative estimate of drug-likeness (QED) is 0.689. The van der Waals surface area contributed by atoms with Gasteiger partial charge in [0.15, 0.2) is 11.5 Å². The Morgan fingerprint density at radius 1 is 1.24 bits per heavy atom. The van der Waals surface area contributed by atoms with Gasteiger partial charge < -0.3 is 14.8 Å². The second kappa shape index (κ2) is 8.41.